The van der Waals surface area contributed by atoms with E-state index in [1.807, 2.05) is 30.3 Å². The van der Waals surface area contributed by atoms with E-state index >= 15 is 0 Å². The number of nitrogens with zero attached hydrogens (tertiary/aromatic N) is 1. The molecule has 0 fully saturated rings. The van der Waals surface area contributed by atoms with Crippen LogP contribution in [0.25, 0.3) is 11.1 Å². The highest BCUT2D eigenvalue weighted by Gasteiger charge is 2.30. The molecular formula is C16H14F3NO2. The van der Waals surface area contributed by atoms with Crippen molar-refractivity contribution in [2.75, 3.05) is 18.6 Å². The summed E-state index contributed by atoms with van der Waals surface area (Å²) in [7, 11) is 1.36. The van der Waals surface area contributed by atoms with Crippen molar-refractivity contribution in [2.45, 2.75) is 6.18 Å². The molecule has 0 aromatic heterocycles. The Morgan fingerprint density at radius 2 is 1.55 bits per heavy atom. The quantitative estimate of drug-likeness (QED) is 0.836. The predicted octanol–water partition coefficient (Wildman–Crippen LogP) is 4.49. The van der Waals surface area contributed by atoms with E-state index in [-0.39, 0.29) is 0 Å². The zero-order chi connectivity index (χ0) is 16.2. The zero-order valence-electron chi connectivity index (χ0n) is 11.8. The number of benzene rings is 2. The van der Waals surface area contributed by atoms with Gasteiger partial charge in [0.25, 0.3) is 0 Å². The molecule has 22 heavy (non-hydrogen) atoms. The summed E-state index contributed by atoms with van der Waals surface area (Å²) in [5, 5.41) is 0. The fraction of sp³-hybridized carbons (Fsp3) is 0.188. The Balaban J connectivity index is 2.05. The van der Waals surface area contributed by atoms with Gasteiger partial charge in [0, 0.05) is 12.7 Å². The van der Waals surface area contributed by atoms with E-state index in [9.17, 15) is 18.0 Å². The Morgan fingerprint density at radius 1 is 1.00 bits per heavy atom. The standard InChI is InChI=1S/C16H14F3NO2/c1-20(15(21)22-11-16(17,18)19)14-9-7-13(8-10-14)12-5-3-2-4-6-12/h2-10H,11H2,1H3. The molecule has 0 N–H and O–H groups in total. The fourth-order valence-electron chi connectivity index (χ4n) is 1.85. The number of hydrogen-bond acceptors (Lipinski definition) is 2. The molecule has 0 radical (unpaired) electrons. The van der Waals surface area contributed by atoms with Gasteiger partial charge >= 0.3 is 12.3 Å². The first kappa shape index (κ1) is 15.9. The highest BCUT2D eigenvalue weighted by atomic mass is 19.4. The summed E-state index contributed by atoms with van der Waals surface area (Å²) in [6.07, 6.45) is -5.59. The van der Waals surface area contributed by atoms with Crippen LogP contribution >= 0.6 is 0 Å². The maximum atomic E-state index is 12.0. The van der Waals surface area contributed by atoms with Gasteiger partial charge in [0.05, 0.1) is 0 Å². The number of carbonyl (C=O) groups excluding carboxylic acids is 1. The first-order valence-electron chi connectivity index (χ1n) is 6.49. The molecule has 2 rings (SSSR count). The first-order valence-corrected chi connectivity index (χ1v) is 6.49. The molecule has 0 bridgehead atoms. The van der Waals surface area contributed by atoms with Gasteiger partial charge in [-0.05, 0) is 23.3 Å². The van der Waals surface area contributed by atoms with Crippen LogP contribution in [0, 0.1) is 0 Å². The minimum absolute atomic E-state index is 0.451. The van der Waals surface area contributed by atoms with Crippen LogP contribution in [0.1, 0.15) is 0 Å². The molecule has 0 atom stereocenters. The third kappa shape index (κ3) is 4.25. The Labute approximate surface area is 125 Å². The van der Waals surface area contributed by atoms with Crippen molar-refractivity contribution in [3.63, 3.8) is 0 Å². The van der Waals surface area contributed by atoms with Crippen molar-refractivity contribution < 1.29 is 22.7 Å². The first-order chi connectivity index (χ1) is 10.4. The Bertz CT molecular complexity index is 624. The minimum atomic E-state index is -4.53. The van der Waals surface area contributed by atoms with Crippen LogP contribution in [0.2, 0.25) is 0 Å². The molecule has 0 aliphatic heterocycles. The number of anilines is 1. The molecule has 116 valence electrons. The normalized spacial score (nSPS) is 11.1. The average molecular weight is 309 g/mol. The van der Waals surface area contributed by atoms with Gasteiger partial charge in [-0.25, -0.2) is 4.79 Å². The van der Waals surface area contributed by atoms with Gasteiger partial charge in [-0.1, -0.05) is 42.5 Å². The summed E-state index contributed by atoms with van der Waals surface area (Å²) >= 11 is 0. The summed E-state index contributed by atoms with van der Waals surface area (Å²) in [5.74, 6) is 0. The van der Waals surface area contributed by atoms with Gasteiger partial charge in [-0.2, -0.15) is 13.2 Å². The van der Waals surface area contributed by atoms with Crippen molar-refractivity contribution >= 4 is 11.8 Å². The highest BCUT2D eigenvalue weighted by molar-refractivity contribution is 5.87. The van der Waals surface area contributed by atoms with E-state index in [4.69, 9.17) is 0 Å². The van der Waals surface area contributed by atoms with Gasteiger partial charge in [-0.3, -0.25) is 4.90 Å². The Kier molecular flexibility index (Phi) is 4.70. The van der Waals surface area contributed by atoms with Crippen LogP contribution in [-0.4, -0.2) is 25.9 Å². The number of halogens is 3. The Hall–Kier alpha value is -2.50. The molecule has 0 spiro atoms. The van der Waals surface area contributed by atoms with E-state index in [2.05, 4.69) is 4.74 Å². The lowest BCUT2D eigenvalue weighted by Crippen LogP contribution is -2.30. The van der Waals surface area contributed by atoms with E-state index in [0.717, 1.165) is 16.0 Å². The van der Waals surface area contributed by atoms with Crippen LogP contribution in [0.4, 0.5) is 23.7 Å². The van der Waals surface area contributed by atoms with Crippen LogP contribution in [-0.2, 0) is 4.74 Å². The average Bonchev–Trinajstić information content (AvgIpc) is 2.52. The Morgan fingerprint density at radius 3 is 2.09 bits per heavy atom. The summed E-state index contributed by atoms with van der Waals surface area (Å²) in [5.41, 5.74) is 2.41. The van der Waals surface area contributed by atoms with Crippen molar-refractivity contribution in [3.05, 3.63) is 54.6 Å². The summed E-state index contributed by atoms with van der Waals surface area (Å²) in [6, 6.07) is 16.5. The number of alkyl halides is 3. The van der Waals surface area contributed by atoms with Crippen molar-refractivity contribution in [1.29, 1.82) is 0 Å². The third-order valence-corrected chi connectivity index (χ3v) is 2.99. The lowest BCUT2D eigenvalue weighted by molar-refractivity contribution is -0.159. The minimum Gasteiger partial charge on any atom is -0.440 e. The molecular weight excluding hydrogens is 295 g/mol. The molecule has 6 heteroatoms. The summed E-state index contributed by atoms with van der Waals surface area (Å²) in [4.78, 5) is 12.6. The maximum Gasteiger partial charge on any atom is 0.422 e. The fourth-order valence-corrected chi connectivity index (χ4v) is 1.85. The van der Waals surface area contributed by atoms with Gasteiger partial charge < -0.3 is 4.74 Å². The van der Waals surface area contributed by atoms with Crippen LogP contribution < -0.4 is 4.90 Å². The second-order valence-corrected chi connectivity index (χ2v) is 4.64. The SMILES string of the molecule is CN(C(=O)OCC(F)(F)F)c1ccc(-c2ccccc2)cc1. The van der Waals surface area contributed by atoms with E-state index in [1.165, 1.54) is 7.05 Å². The number of carbonyl (C=O) groups is 1. The largest absolute Gasteiger partial charge is 0.440 e. The van der Waals surface area contributed by atoms with Crippen LogP contribution in [0.15, 0.2) is 54.6 Å². The molecule has 0 aliphatic rings. The summed E-state index contributed by atoms with van der Waals surface area (Å²) < 4.78 is 40.3. The zero-order valence-corrected chi connectivity index (χ0v) is 11.8. The number of amides is 1. The number of ether oxygens (including phenoxy) is 1. The number of rotatable bonds is 3. The van der Waals surface area contributed by atoms with Gasteiger partial charge in [0.1, 0.15) is 0 Å². The third-order valence-electron chi connectivity index (χ3n) is 2.99. The molecule has 0 saturated carbocycles. The van der Waals surface area contributed by atoms with E-state index in [1.54, 1.807) is 24.3 Å². The molecule has 3 nitrogen and oxygen atoms in total. The lowest BCUT2D eigenvalue weighted by atomic mass is 10.1. The van der Waals surface area contributed by atoms with Gasteiger partial charge in [-0.15, -0.1) is 0 Å². The van der Waals surface area contributed by atoms with Gasteiger partial charge in [0.2, 0.25) is 0 Å². The number of hydrogen-bond donors (Lipinski definition) is 0. The molecule has 2 aromatic carbocycles. The molecule has 1 amide bonds. The topological polar surface area (TPSA) is 29.5 Å². The van der Waals surface area contributed by atoms with E-state index in [0.29, 0.717) is 5.69 Å². The molecule has 0 unspecified atom stereocenters. The predicted molar refractivity (Wildman–Crippen MR) is 77.7 cm³/mol. The maximum absolute atomic E-state index is 12.0. The van der Waals surface area contributed by atoms with Crippen molar-refractivity contribution in [1.82, 2.24) is 0 Å². The molecule has 2 aromatic rings. The smallest absolute Gasteiger partial charge is 0.422 e. The summed E-state index contributed by atoms with van der Waals surface area (Å²) in [6.45, 7) is -1.60. The van der Waals surface area contributed by atoms with E-state index < -0.39 is 18.9 Å². The second kappa shape index (κ2) is 6.51. The van der Waals surface area contributed by atoms with Crippen molar-refractivity contribution in [3.8, 4) is 11.1 Å². The highest BCUT2D eigenvalue weighted by Crippen LogP contribution is 2.23. The van der Waals surface area contributed by atoms with Crippen LogP contribution in [0.5, 0.6) is 0 Å². The molecule has 0 heterocycles. The monoisotopic (exact) mass is 309 g/mol. The second-order valence-electron chi connectivity index (χ2n) is 4.64. The molecule has 0 aliphatic carbocycles. The molecule has 0 saturated heterocycles. The lowest BCUT2D eigenvalue weighted by Gasteiger charge is -2.18. The van der Waals surface area contributed by atoms with Gasteiger partial charge in [0.15, 0.2) is 6.61 Å². The van der Waals surface area contributed by atoms with Crippen molar-refractivity contribution in [2.24, 2.45) is 0 Å². The van der Waals surface area contributed by atoms with Crippen LogP contribution in [0.3, 0.4) is 0 Å².